The normalized spacial score (nSPS) is 9.95. The number of hydrogen-bond donors (Lipinski definition) is 1. The number of amides is 1. The Hall–Kier alpha value is -1.88. The van der Waals surface area contributed by atoms with Gasteiger partial charge in [0, 0.05) is 17.1 Å². The van der Waals surface area contributed by atoms with Crippen LogP contribution in [0.3, 0.4) is 0 Å². The van der Waals surface area contributed by atoms with Crippen LogP contribution in [-0.2, 0) is 19.1 Å². The summed E-state index contributed by atoms with van der Waals surface area (Å²) in [6.07, 6.45) is 0.104. The Bertz CT molecular complexity index is 528. The van der Waals surface area contributed by atoms with Crippen molar-refractivity contribution in [1.29, 1.82) is 0 Å². The predicted octanol–water partition coefficient (Wildman–Crippen LogP) is 2.50. The van der Waals surface area contributed by atoms with E-state index in [9.17, 15) is 14.4 Å². The molecule has 0 bridgehead atoms. The molecule has 1 N–H and O–H groups in total. The van der Waals surface area contributed by atoms with Gasteiger partial charge in [-0.05, 0) is 31.5 Å². The molecular formula is C14H16ClNO4. The fourth-order valence-corrected chi connectivity index (χ4v) is 1.58. The van der Waals surface area contributed by atoms with E-state index in [1.54, 1.807) is 18.2 Å². The zero-order valence-corrected chi connectivity index (χ0v) is 12.1. The second kappa shape index (κ2) is 7.65. The first-order valence-electron chi connectivity index (χ1n) is 6.09. The molecule has 0 aromatic heterocycles. The smallest absolute Gasteiger partial charge is 0.306 e. The van der Waals surface area contributed by atoms with Crippen molar-refractivity contribution in [2.75, 3.05) is 11.9 Å². The van der Waals surface area contributed by atoms with Gasteiger partial charge in [0.15, 0.2) is 6.61 Å². The van der Waals surface area contributed by atoms with Gasteiger partial charge in [-0.1, -0.05) is 17.7 Å². The third-order valence-electron chi connectivity index (χ3n) is 2.52. The molecule has 108 valence electrons. The Morgan fingerprint density at radius 2 is 1.95 bits per heavy atom. The summed E-state index contributed by atoms with van der Waals surface area (Å²) in [7, 11) is 0. The van der Waals surface area contributed by atoms with Crippen molar-refractivity contribution in [1.82, 2.24) is 0 Å². The maximum absolute atomic E-state index is 11.6. The lowest BCUT2D eigenvalue weighted by Crippen LogP contribution is -2.21. The van der Waals surface area contributed by atoms with Gasteiger partial charge in [0.1, 0.15) is 5.78 Å². The second-order valence-corrected chi connectivity index (χ2v) is 4.81. The molecule has 5 nitrogen and oxygen atoms in total. The van der Waals surface area contributed by atoms with Crippen LogP contribution in [0.1, 0.15) is 25.3 Å². The zero-order valence-electron chi connectivity index (χ0n) is 11.4. The number of nitrogens with one attached hydrogen (secondary N) is 1. The van der Waals surface area contributed by atoms with Gasteiger partial charge < -0.3 is 14.8 Å². The van der Waals surface area contributed by atoms with Crippen LogP contribution in [0.15, 0.2) is 18.2 Å². The van der Waals surface area contributed by atoms with Gasteiger partial charge in [0.2, 0.25) is 0 Å². The summed E-state index contributed by atoms with van der Waals surface area (Å²) < 4.78 is 4.76. The number of hydrogen-bond acceptors (Lipinski definition) is 4. The molecule has 0 heterocycles. The van der Waals surface area contributed by atoms with E-state index in [2.05, 4.69) is 5.32 Å². The van der Waals surface area contributed by atoms with Gasteiger partial charge in [-0.15, -0.1) is 0 Å². The monoisotopic (exact) mass is 297 g/mol. The van der Waals surface area contributed by atoms with Crippen molar-refractivity contribution in [2.45, 2.75) is 26.7 Å². The first-order chi connectivity index (χ1) is 9.38. The minimum Gasteiger partial charge on any atom is -0.456 e. The van der Waals surface area contributed by atoms with Crippen molar-refractivity contribution >= 4 is 34.9 Å². The van der Waals surface area contributed by atoms with Gasteiger partial charge in [-0.2, -0.15) is 0 Å². The van der Waals surface area contributed by atoms with E-state index in [0.717, 1.165) is 5.56 Å². The van der Waals surface area contributed by atoms with Crippen molar-refractivity contribution in [3.8, 4) is 0 Å². The van der Waals surface area contributed by atoms with Crippen LogP contribution in [0.25, 0.3) is 0 Å². The number of carbonyl (C=O) groups excluding carboxylic acids is 3. The average Bonchev–Trinajstić information content (AvgIpc) is 2.38. The average molecular weight is 298 g/mol. The van der Waals surface area contributed by atoms with Gasteiger partial charge in [-0.25, -0.2) is 0 Å². The van der Waals surface area contributed by atoms with Gasteiger partial charge in [0.05, 0.1) is 6.42 Å². The van der Waals surface area contributed by atoms with Crippen LogP contribution in [0.4, 0.5) is 5.69 Å². The van der Waals surface area contributed by atoms with E-state index in [1.807, 2.05) is 6.92 Å². The lowest BCUT2D eigenvalue weighted by Gasteiger charge is -2.09. The number of aryl methyl sites for hydroxylation is 1. The van der Waals surface area contributed by atoms with E-state index in [-0.39, 0.29) is 25.2 Å². The highest BCUT2D eigenvalue weighted by Gasteiger charge is 2.10. The minimum atomic E-state index is -0.571. The number of esters is 1. The fraction of sp³-hybridized carbons (Fsp3) is 0.357. The zero-order chi connectivity index (χ0) is 15.1. The quantitative estimate of drug-likeness (QED) is 0.819. The lowest BCUT2D eigenvalue weighted by molar-refractivity contribution is -0.148. The summed E-state index contributed by atoms with van der Waals surface area (Å²) in [6, 6.07) is 5.11. The molecule has 0 spiro atoms. The van der Waals surface area contributed by atoms with Crippen molar-refractivity contribution in [2.24, 2.45) is 0 Å². The standard InChI is InChI=1S/C14H16ClNO4/c1-9-3-5-11(15)7-12(9)16-13(18)8-20-14(19)6-4-10(2)17/h3,5,7H,4,6,8H2,1-2H3,(H,16,18). The van der Waals surface area contributed by atoms with E-state index in [4.69, 9.17) is 16.3 Å². The number of ketones is 1. The van der Waals surface area contributed by atoms with Crippen LogP contribution in [0.5, 0.6) is 0 Å². The number of benzene rings is 1. The van der Waals surface area contributed by atoms with Gasteiger partial charge >= 0.3 is 5.97 Å². The molecule has 0 atom stereocenters. The number of anilines is 1. The SMILES string of the molecule is CC(=O)CCC(=O)OCC(=O)Nc1cc(Cl)ccc1C. The largest absolute Gasteiger partial charge is 0.456 e. The summed E-state index contributed by atoms with van der Waals surface area (Å²) >= 11 is 5.83. The Morgan fingerprint density at radius 1 is 1.25 bits per heavy atom. The van der Waals surface area contributed by atoms with Crippen molar-refractivity contribution in [3.63, 3.8) is 0 Å². The predicted molar refractivity (Wildman–Crippen MR) is 75.7 cm³/mol. The molecule has 20 heavy (non-hydrogen) atoms. The van der Waals surface area contributed by atoms with Crippen LogP contribution in [-0.4, -0.2) is 24.3 Å². The molecule has 1 amide bonds. The van der Waals surface area contributed by atoms with Crippen molar-refractivity contribution in [3.05, 3.63) is 28.8 Å². The molecular weight excluding hydrogens is 282 g/mol. The summed E-state index contributed by atoms with van der Waals surface area (Å²) in [6.45, 7) is 2.83. The Kier molecular flexibility index (Phi) is 6.18. The number of halogens is 1. The van der Waals surface area contributed by atoms with Gasteiger partial charge in [0.25, 0.3) is 5.91 Å². The second-order valence-electron chi connectivity index (χ2n) is 4.37. The number of carbonyl (C=O) groups is 3. The van der Waals surface area contributed by atoms with Crippen LogP contribution in [0, 0.1) is 6.92 Å². The molecule has 0 aliphatic heterocycles. The maximum atomic E-state index is 11.6. The number of rotatable bonds is 6. The third-order valence-corrected chi connectivity index (χ3v) is 2.75. The highest BCUT2D eigenvalue weighted by molar-refractivity contribution is 6.31. The van der Waals surface area contributed by atoms with Crippen molar-refractivity contribution < 1.29 is 19.1 Å². The van der Waals surface area contributed by atoms with Crippen LogP contribution < -0.4 is 5.32 Å². The highest BCUT2D eigenvalue weighted by Crippen LogP contribution is 2.19. The Morgan fingerprint density at radius 3 is 2.60 bits per heavy atom. The molecule has 0 radical (unpaired) electrons. The molecule has 0 fully saturated rings. The molecule has 0 unspecified atom stereocenters. The molecule has 6 heteroatoms. The molecule has 1 aromatic rings. The number of ether oxygens (including phenoxy) is 1. The first kappa shape index (κ1) is 16.2. The summed E-state index contributed by atoms with van der Waals surface area (Å²) in [5, 5.41) is 3.11. The van der Waals surface area contributed by atoms with E-state index < -0.39 is 11.9 Å². The minimum absolute atomic E-state index is 0.0151. The maximum Gasteiger partial charge on any atom is 0.306 e. The molecule has 1 aromatic carbocycles. The summed E-state index contributed by atoms with van der Waals surface area (Å²) in [4.78, 5) is 33.6. The Labute approximate surface area is 122 Å². The first-order valence-corrected chi connectivity index (χ1v) is 6.47. The van der Waals surface area contributed by atoms with Crippen LogP contribution in [0.2, 0.25) is 5.02 Å². The van der Waals surface area contributed by atoms with Gasteiger partial charge in [-0.3, -0.25) is 9.59 Å². The molecule has 0 saturated carbocycles. The molecule has 0 aliphatic carbocycles. The van der Waals surface area contributed by atoms with E-state index >= 15 is 0 Å². The molecule has 0 saturated heterocycles. The summed E-state index contributed by atoms with van der Waals surface area (Å²) in [5.41, 5.74) is 1.42. The summed E-state index contributed by atoms with van der Waals surface area (Å²) in [5.74, 6) is -1.12. The topological polar surface area (TPSA) is 72.5 Å². The highest BCUT2D eigenvalue weighted by atomic mass is 35.5. The van der Waals surface area contributed by atoms with E-state index in [0.29, 0.717) is 10.7 Å². The number of Topliss-reactive ketones (excluding diaryl/α,β-unsaturated/α-hetero) is 1. The molecule has 1 rings (SSSR count). The Balaban J connectivity index is 2.42. The lowest BCUT2D eigenvalue weighted by atomic mass is 10.2. The third kappa shape index (κ3) is 5.84. The molecule has 0 aliphatic rings. The fourth-order valence-electron chi connectivity index (χ4n) is 1.41. The van der Waals surface area contributed by atoms with E-state index in [1.165, 1.54) is 6.92 Å². The van der Waals surface area contributed by atoms with Crippen LogP contribution >= 0.6 is 11.6 Å².